The summed E-state index contributed by atoms with van der Waals surface area (Å²) in [6.07, 6.45) is -0.0421. The van der Waals surface area contributed by atoms with Crippen LogP contribution in [0.2, 0.25) is 0 Å². The van der Waals surface area contributed by atoms with E-state index in [1.165, 1.54) is 0 Å². The topological polar surface area (TPSA) is 63.6 Å². The van der Waals surface area contributed by atoms with Crippen molar-refractivity contribution in [2.75, 3.05) is 6.16 Å². The predicted molar refractivity (Wildman–Crippen MR) is 60.3 cm³/mol. The van der Waals surface area contributed by atoms with Crippen molar-refractivity contribution in [3.8, 4) is 5.75 Å². The minimum atomic E-state index is -2.27. The van der Waals surface area contributed by atoms with E-state index in [0.29, 0.717) is 5.75 Å². The Bertz CT molecular complexity index is 328. The van der Waals surface area contributed by atoms with Crippen molar-refractivity contribution in [1.29, 1.82) is 0 Å². The average Bonchev–Trinajstić information content (AvgIpc) is 2.16. The van der Waals surface area contributed by atoms with Crippen molar-refractivity contribution in [2.45, 2.75) is 6.42 Å². The number of aliphatic carboxylic acids is 1. The van der Waals surface area contributed by atoms with Crippen LogP contribution in [0.5, 0.6) is 5.75 Å². The molecule has 0 heterocycles. The predicted octanol–water partition coefficient (Wildman–Crippen LogP) is 1.37. The normalized spacial score (nSPS) is 11.2. The molecule has 0 aromatic heterocycles. The first-order chi connectivity index (χ1) is 6.68. The third-order valence-electron chi connectivity index (χ3n) is 1.52. The molecule has 0 aliphatic heterocycles. The molecule has 1 aromatic carbocycles. The summed E-state index contributed by atoms with van der Waals surface area (Å²) in [5.41, 5.74) is 0. The Morgan fingerprint density at radius 1 is 1.33 bits per heavy atom. The summed E-state index contributed by atoms with van der Waals surface area (Å²) in [4.78, 5) is 10.2. The van der Waals surface area contributed by atoms with Gasteiger partial charge in [-0.05, 0) is 12.1 Å². The molecule has 0 saturated heterocycles. The van der Waals surface area contributed by atoms with E-state index in [1.807, 2.05) is 6.07 Å². The maximum atomic E-state index is 11.2. The van der Waals surface area contributed by atoms with E-state index in [4.69, 9.17) is 9.63 Å². The number of rotatable bonds is 5. The van der Waals surface area contributed by atoms with Crippen LogP contribution in [0.25, 0.3) is 0 Å². The third kappa shape index (κ3) is 6.41. The summed E-state index contributed by atoms with van der Waals surface area (Å²) in [6.45, 7) is 0. The molecular weight excluding hydrogens is 210 g/mol. The quantitative estimate of drug-likeness (QED) is 0.603. The number of carbonyl (C=O) groups is 1. The fourth-order valence-electron chi connectivity index (χ4n) is 0.880. The van der Waals surface area contributed by atoms with Crippen LogP contribution in [0.1, 0.15) is 6.42 Å². The molecule has 0 aliphatic carbocycles. The van der Waals surface area contributed by atoms with Crippen LogP contribution in [-0.4, -0.2) is 36.1 Å². The van der Waals surface area contributed by atoms with E-state index in [9.17, 15) is 9.36 Å². The van der Waals surface area contributed by atoms with Gasteiger partial charge in [-0.3, -0.25) is 9.36 Å². The molecule has 1 atom stereocenters. The second kappa shape index (κ2) is 7.59. The zero-order valence-electron chi connectivity index (χ0n) is 7.47. The van der Waals surface area contributed by atoms with Crippen LogP contribution in [0.4, 0.5) is 0 Å². The molecule has 4 nitrogen and oxygen atoms in total. The SMILES string of the molecule is O=C(O)CC[PH](=O)Oc1ccccc1.[LiH]. The Kier molecular flexibility index (Phi) is 7.24. The maximum absolute atomic E-state index is 11.2. The summed E-state index contributed by atoms with van der Waals surface area (Å²) in [7, 11) is -2.27. The molecule has 0 amide bonds. The summed E-state index contributed by atoms with van der Waals surface area (Å²) < 4.78 is 16.3. The van der Waals surface area contributed by atoms with Gasteiger partial charge in [0.15, 0.2) is 0 Å². The Hall–Kier alpha value is -0.683. The molecular formula is C9H12LiO4P. The van der Waals surface area contributed by atoms with Crippen molar-refractivity contribution in [2.24, 2.45) is 0 Å². The number of hydrogen-bond donors (Lipinski definition) is 1. The first kappa shape index (κ1) is 14.3. The number of para-hydroxylation sites is 1. The zero-order valence-corrected chi connectivity index (χ0v) is 8.47. The van der Waals surface area contributed by atoms with E-state index < -0.39 is 14.0 Å². The molecule has 0 saturated carbocycles. The van der Waals surface area contributed by atoms with E-state index in [1.54, 1.807) is 24.3 Å². The van der Waals surface area contributed by atoms with Crippen LogP contribution in [-0.2, 0) is 9.36 Å². The molecule has 1 N–H and O–H groups in total. The minimum absolute atomic E-state index is 0. The number of carboxylic acid groups (broad SMARTS) is 1. The first-order valence-corrected chi connectivity index (χ1v) is 5.68. The molecule has 0 radical (unpaired) electrons. The summed E-state index contributed by atoms with van der Waals surface area (Å²) >= 11 is 0. The van der Waals surface area contributed by atoms with Gasteiger partial charge in [0.1, 0.15) is 5.75 Å². The number of benzene rings is 1. The Morgan fingerprint density at radius 2 is 1.93 bits per heavy atom. The van der Waals surface area contributed by atoms with Gasteiger partial charge in [0.25, 0.3) is 0 Å². The summed E-state index contributed by atoms with van der Waals surface area (Å²) in [5.74, 6) is -0.443. The fraction of sp³-hybridized carbons (Fsp3) is 0.222. The number of carboxylic acids is 1. The first-order valence-electron chi connectivity index (χ1n) is 4.16. The second-order valence-electron chi connectivity index (χ2n) is 2.68. The van der Waals surface area contributed by atoms with Gasteiger partial charge >= 0.3 is 24.8 Å². The molecule has 15 heavy (non-hydrogen) atoms. The van der Waals surface area contributed by atoms with Crippen molar-refractivity contribution in [3.63, 3.8) is 0 Å². The molecule has 1 aromatic rings. The van der Waals surface area contributed by atoms with Gasteiger partial charge < -0.3 is 9.63 Å². The molecule has 0 bridgehead atoms. The molecule has 0 fully saturated rings. The van der Waals surface area contributed by atoms with E-state index in [0.717, 1.165) is 0 Å². The summed E-state index contributed by atoms with van der Waals surface area (Å²) in [6, 6.07) is 8.72. The third-order valence-corrected chi connectivity index (χ3v) is 2.64. The molecule has 1 unspecified atom stereocenters. The monoisotopic (exact) mass is 222 g/mol. The zero-order chi connectivity index (χ0) is 10.4. The van der Waals surface area contributed by atoms with E-state index in [-0.39, 0.29) is 31.4 Å². The fourth-order valence-corrected chi connectivity index (χ4v) is 1.80. The van der Waals surface area contributed by atoms with Gasteiger partial charge in [-0.15, -0.1) is 0 Å². The molecule has 0 aliphatic rings. The van der Waals surface area contributed by atoms with Crippen LogP contribution in [0.15, 0.2) is 30.3 Å². The van der Waals surface area contributed by atoms with Crippen LogP contribution in [0, 0.1) is 0 Å². The van der Waals surface area contributed by atoms with Crippen LogP contribution < -0.4 is 4.52 Å². The van der Waals surface area contributed by atoms with E-state index in [2.05, 4.69) is 0 Å². The van der Waals surface area contributed by atoms with Gasteiger partial charge in [-0.2, -0.15) is 0 Å². The number of hydrogen-bond acceptors (Lipinski definition) is 3. The Balaban J connectivity index is 0.00000196. The van der Waals surface area contributed by atoms with Gasteiger partial charge in [-0.1, -0.05) is 18.2 Å². The molecule has 0 spiro atoms. The Morgan fingerprint density at radius 3 is 2.47 bits per heavy atom. The second-order valence-corrected chi connectivity index (χ2v) is 4.13. The van der Waals surface area contributed by atoms with Crippen molar-refractivity contribution < 1.29 is 19.0 Å². The van der Waals surface area contributed by atoms with Crippen molar-refractivity contribution in [1.82, 2.24) is 0 Å². The molecule has 1 rings (SSSR count). The van der Waals surface area contributed by atoms with Gasteiger partial charge in [0, 0.05) is 6.16 Å². The van der Waals surface area contributed by atoms with Gasteiger partial charge in [0.2, 0.25) is 8.03 Å². The summed E-state index contributed by atoms with van der Waals surface area (Å²) in [5, 5.41) is 8.35. The van der Waals surface area contributed by atoms with Crippen LogP contribution in [0.3, 0.4) is 0 Å². The standard InChI is InChI=1S/C9H11O4P.Li.H/c10-9(11)6-7-14(12)13-8-4-2-1-3-5-8;;/h1-5,14H,6-7H2,(H,10,11);;. The average molecular weight is 222 g/mol. The van der Waals surface area contributed by atoms with Crippen molar-refractivity contribution >= 4 is 32.9 Å². The van der Waals surface area contributed by atoms with Crippen LogP contribution >= 0.6 is 8.03 Å². The van der Waals surface area contributed by atoms with E-state index >= 15 is 0 Å². The van der Waals surface area contributed by atoms with Crippen molar-refractivity contribution in [3.05, 3.63) is 30.3 Å². The van der Waals surface area contributed by atoms with Gasteiger partial charge in [0.05, 0.1) is 6.42 Å². The van der Waals surface area contributed by atoms with Gasteiger partial charge in [-0.25, -0.2) is 0 Å². The molecule has 6 heteroatoms. The molecule has 78 valence electrons. The Labute approximate surface area is 101 Å².